The van der Waals surface area contributed by atoms with Crippen molar-refractivity contribution in [3.05, 3.63) is 0 Å². The highest BCUT2D eigenvalue weighted by Crippen LogP contribution is 2.23. The van der Waals surface area contributed by atoms with Crippen molar-refractivity contribution >= 4 is 17.4 Å². The molecule has 0 rings (SSSR count). The van der Waals surface area contributed by atoms with Crippen LogP contribution in [0.15, 0.2) is 0 Å². The van der Waals surface area contributed by atoms with Crippen LogP contribution in [0, 0.1) is 17.2 Å². The van der Waals surface area contributed by atoms with E-state index < -0.39 is 0 Å². The van der Waals surface area contributed by atoms with Crippen molar-refractivity contribution < 1.29 is 0 Å². The largest absolute Gasteiger partial charge is 0.360 e. The maximum atomic E-state index is 8.38. The molecule has 0 radical (unpaired) electrons. The molecule has 0 saturated carbocycles. The average Bonchev–Trinajstić information content (AvgIpc) is 2.31. The maximum absolute atomic E-state index is 8.38. The van der Waals surface area contributed by atoms with Gasteiger partial charge in [0.25, 0.3) is 0 Å². The van der Waals surface area contributed by atoms with Gasteiger partial charge in [-0.1, -0.05) is 40.0 Å². The first-order valence-electron chi connectivity index (χ1n) is 7.28. The lowest BCUT2D eigenvalue weighted by molar-refractivity contribution is 0.290. The SMILES string of the molecule is CCCCCC(C(=N)N(C)[C@@H](C)C(C)C)[C@H](C)Cl. The van der Waals surface area contributed by atoms with E-state index in [4.69, 9.17) is 17.0 Å². The van der Waals surface area contributed by atoms with Crippen LogP contribution in [0.4, 0.5) is 0 Å². The molecule has 0 heterocycles. The smallest absolute Gasteiger partial charge is 0.100 e. The highest BCUT2D eigenvalue weighted by molar-refractivity contribution is 6.21. The summed E-state index contributed by atoms with van der Waals surface area (Å²) in [4.78, 5) is 2.10. The predicted molar refractivity (Wildman–Crippen MR) is 82.7 cm³/mol. The number of amidine groups is 1. The number of unbranched alkanes of at least 4 members (excludes halogenated alkanes) is 2. The van der Waals surface area contributed by atoms with Gasteiger partial charge in [0.2, 0.25) is 0 Å². The number of nitrogens with zero attached hydrogens (tertiary/aromatic N) is 1. The Morgan fingerprint density at radius 1 is 1.17 bits per heavy atom. The minimum atomic E-state index is 0.0381. The molecule has 0 fully saturated rings. The van der Waals surface area contributed by atoms with E-state index in [1.807, 2.05) is 14.0 Å². The Hall–Kier alpha value is -0.240. The Bertz CT molecular complexity index is 239. The van der Waals surface area contributed by atoms with E-state index in [2.05, 4.69) is 32.6 Å². The molecular formula is C15H31ClN2. The van der Waals surface area contributed by atoms with Crippen LogP contribution in [0.2, 0.25) is 0 Å². The Morgan fingerprint density at radius 2 is 1.72 bits per heavy atom. The summed E-state index contributed by atoms with van der Waals surface area (Å²) in [5.74, 6) is 1.44. The van der Waals surface area contributed by atoms with E-state index in [0.717, 1.165) is 6.42 Å². The molecule has 0 bridgehead atoms. The molecule has 18 heavy (non-hydrogen) atoms. The summed E-state index contributed by atoms with van der Waals surface area (Å²) in [5.41, 5.74) is 0. The standard InChI is InChI=1S/C15H31ClN2/c1-7-8-9-10-14(12(4)16)15(17)18(6)13(5)11(2)3/h11-14,17H,7-10H2,1-6H3/t12-,13-,14?/m0/s1. The predicted octanol–water partition coefficient (Wildman–Crippen LogP) is 4.76. The summed E-state index contributed by atoms with van der Waals surface area (Å²) in [6.45, 7) is 10.8. The third-order valence-corrected chi connectivity index (χ3v) is 4.28. The van der Waals surface area contributed by atoms with Gasteiger partial charge in [0, 0.05) is 24.4 Å². The Morgan fingerprint density at radius 3 is 2.11 bits per heavy atom. The van der Waals surface area contributed by atoms with Gasteiger partial charge in [-0.3, -0.25) is 5.41 Å². The van der Waals surface area contributed by atoms with Crippen LogP contribution in [0.5, 0.6) is 0 Å². The molecule has 3 heteroatoms. The van der Waals surface area contributed by atoms with Crippen molar-refractivity contribution in [1.82, 2.24) is 4.90 Å². The number of nitrogens with one attached hydrogen (secondary N) is 1. The molecule has 0 aliphatic heterocycles. The Kier molecular flexibility index (Phi) is 8.67. The van der Waals surface area contributed by atoms with E-state index in [1.54, 1.807) is 0 Å². The lowest BCUT2D eigenvalue weighted by Gasteiger charge is -2.34. The molecule has 0 spiro atoms. The van der Waals surface area contributed by atoms with Gasteiger partial charge in [-0.05, 0) is 26.2 Å². The molecule has 108 valence electrons. The molecule has 0 aromatic rings. The fourth-order valence-corrected chi connectivity index (χ4v) is 2.37. The zero-order chi connectivity index (χ0) is 14.3. The topological polar surface area (TPSA) is 27.1 Å². The molecule has 0 aliphatic rings. The van der Waals surface area contributed by atoms with Crippen molar-refractivity contribution in [3.8, 4) is 0 Å². The highest BCUT2D eigenvalue weighted by Gasteiger charge is 2.26. The minimum Gasteiger partial charge on any atom is -0.360 e. The lowest BCUT2D eigenvalue weighted by atomic mass is 9.94. The minimum absolute atomic E-state index is 0.0381. The van der Waals surface area contributed by atoms with Gasteiger partial charge in [-0.2, -0.15) is 0 Å². The molecular weight excluding hydrogens is 244 g/mol. The number of halogens is 1. The maximum Gasteiger partial charge on any atom is 0.100 e. The summed E-state index contributed by atoms with van der Waals surface area (Å²) < 4.78 is 0. The van der Waals surface area contributed by atoms with Crippen LogP contribution in [-0.2, 0) is 0 Å². The van der Waals surface area contributed by atoms with Gasteiger partial charge >= 0.3 is 0 Å². The zero-order valence-corrected chi connectivity index (χ0v) is 13.7. The number of rotatable bonds is 8. The van der Waals surface area contributed by atoms with Crippen molar-refractivity contribution in [2.24, 2.45) is 11.8 Å². The molecule has 1 unspecified atom stereocenters. The molecule has 0 saturated heterocycles. The van der Waals surface area contributed by atoms with Crippen molar-refractivity contribution in [3.63, 3.8) is 0 Å². The van der Waals surface area contributed by atoms with E-state index in [1.165, 1.54) is 19.3 Å². The first kappa shape index (κ1) is 17.8. The van der Waals surface area contributed by atoms with Gasteiger partial charge in [0.15, 0.2) is 0 Å². The summed E-state index contributed by atoms with van der Waals surface area (Å²) in [6.07, 6.45) is 4.66. The quantitative estimate of drug-likeness (QED) is 0.294. The number of hydrogen-bond acceptors (Lipinski definition) is 1. The summed E-state index contributed by atoms with van der Waals surface area (Å²) in [7, 11) is 2.03. The molecule has 1 N–H and O–H groups in total. The van der Waals surface area contributed by atoms with Crippen LogP contribution < -0.4 is 0 Å². The Balaban J connectivity index is 4.55. The van der Waals surface area contributed by atoms with Crippen molar-refractivity contribution in [1.29, 1.82) is 5.41 Å². The highest BCUT2D eigenvalue weighted by atomic mass is 35.5. The van der Waals surface area contributed by atoms with Crippen LogP contribution in [0.25, 0.3) is 0 Å². The summed E-state index contributed by atoms with van der Waals surface area (Å²) in [6, 6.07) is 0.390. The van der Waals surface area contributed by atoms with Crippen LogP contribution in [0.3, 0.4) is 0 Å². The first-order valence-corrected chi connectivity index (χ1v) is 7.71. The van der Waals surface area contributed by atoms with Crippen molar-refractivity contribution in [2.45, 2.75) is 71.7 Å². The third-order valence-electron chi connectivity index (χ3n) is 3.98. The lowest BCUT2D eigenvalue weighted by Crippen LogP contribution is -2.43. The number of alkyl halides is 1. The van der Waals surface area contributed by atoms with Gasteiger partial charge < -0.3 is 4.90 Å². The fourth-order valence-electron chi connectivity index (χ4n) is 2.13. The fraction of sp³-hybridized carbons (Fsp3) is 0.933. The molecule has 0 aliphatic carbocycles. The monoisotopic (exact) mass is 274 g/mol. The van der Waals surface area contributed by atoms with E-state index in [9.17, 15) is 0 Å². The molecule has 0 aromatic carbocycles. The van der Waals surface area contributed by atoms with Gasteiger partial charge in [0.1, 0.15) is 5.84 Å². The molecule has 0 aromatic heterocycles. The number of hydrogen-bond donors (Lipinski definition) is 1. The average molecular weight is 275 g/mol. The summed E-state index contributed by atoms with van der Waals surface area (Å²) in [5, 5.41) is 8.42. The van der Waals surface area contributed by atoms with E-state index in [-0.39, 0.29) is 11.3 Å². The second-order valence-corrected chi connectivity index (χ2v) is 6.45. The molecule has 2 nitrogen and oxygen atoms in total. The van der Waals surface area contributed by atoms with Crippen LogP contribution in [0.1, 0.15) is 60.3 Å². The molecule has 3 atom stereocenters. The molecule has 0 amide bonds. The van der Waals surface area contributed by atoms with Gasteiger partial charge in [-0.15, -0.1) is 11.6 Å². The zero-order valence-electron chi connectivity index (χ0n) is 13.0. The second kappa shape index (κ2) is 8.79. The van der Waals surface area contributed by atoms with E-state index in [0.29, 0.717) is 17.8 Å². The summed E-state index contributed by atoms with van der Waals surface area (Å²) >= 11 is 6.28. The van der Waals surface area contributed by atoms with E-state index >= 15 is 0 Å². The Labute approximate surface area is 119 Å². The van der Waals surface area contributed by atoms with Crippen LogP contribution in [-0.4, -0.2) is 29.2 Å². The third kappa shape index (κ3) is 5.60. The van der Waals surface area contributed by atoms with Gasteiger partial charge in [-0.25, -0.2) is 0 Å². The van der Waals surface area contributed by atoms with Crippen LogP contribution >= 0.6 is 11.6 Å². The first-order chi connectivity index (χ1) is 8.32. The van der Waals surface area contributed by atoms with Crippen molar-refractivity contribution in [2.75, 3.05) is 7.05 Å². The second-order valence-electron chi connectivity index (χ2n) is 5.76. The van der Waals surface area contributed by atoms with Gasteiger partial charge in [0.05, 0.1) is 0 Å². The normalized spacial score (nSPS) is 16.4.